The molecule has 1 heterocycles. The van der Waals surface area contributed by atoms with Gasteiger partial charge in [-0.15, -0.1) is 0 Å². The van der Waals surface area contributed by atoms with Crippen molar-refractivity contribution in [2.75, 3.05) is 29.9 Å². The van der Waals surface area contributed by atoms with Crippen LogP contribution in [0.25, 0.3) is 10.8 Å². The average molecular weight is 343 g/mol. The minimum absolute atomic E-state index is 0.0120. The summed E-state index contributed by atoms with van der Waals surface area (Å²) in [4.78, 5) is 24.0. The summed E-state index contributed by atoms with van der Waals surface area (Å²) in [5.41, 5.74) is 0.762. The SMILES string of the molecule is O=C(CC1CSCCN1)NCC(=O)Nc1cccc2ccccc12. The molecule has 1 aliphatic rings. The lowest BCUT2D eigenvalue weighted by Gasteiger charge is -2.22. The minimum Gasteiger partial charge on any atom is -0.347 e. The maximum Gasteiger partial charge on any atom is 0.243 e. The molecule has 0 aliphatic carbocycles. The molecule has 0 saturated carbocycles. The Labute approximate surface area is 145 Å². The first-order chi connectivity index (χ1) is 11.7. The highest BCUT2D eigenvalue weighted by atomic mass is 32.2. The Hall–Kier alpha value is -2.05. The molecule has 1 atom stereocenters. The molecule has 24 heavy (non-hydrogen) atoms. The Bertz CT molecular complexity index is 724. The predicted molar refractivity (Wildman–Crippen MR) is 99.3 cm³/mol. The second-order valence-electron chi connectivity index (χ2n) is 5.78. The van der Waals surface area contributed by atoms with Gasteiger partial charge in [0.1, 0.15) is 0 Å². The first kappa shape index (κ1) is 16.8. The van der Waals surface area contributed by atoms with Crippen molar-refractivity contribution >= 4 is 40.0 Å². The highest BCUT2D eigenvalue weighted by molar-refractivity contribution is 7.99. The van der Waals surface area contributed by atoms with Gasteiger partial charge in [-0.05, 0) is 11.5 Å². The molecule has 126 valence electrons. The van der Waals surface area contributed by atoms with E-state index in [0.29, 0.717) is 6.42 Å². The molecule has 0 radical (unpaired) electrons. The smallest absolute Gasteiger partial charge is 0.243 e. The van der Waals surface area contributed by atoms with E-state index in [0.717, 1.165) is 34.5 Å². The van der Waals surface area contributed by atoms with Crippen molar-refractivity contribution in [2.24, 2.45) is 0 Å². The van der Waals surface area contributed by atoms with Gasteiger partial charge in [-0.3, -0.25) is 9.59 Å². The van der Waals surface area contributed by atoms with Gasteiger partial charge in [0.2, 0.25) is 11.8 Å². The maximum atomic E-state index is 12.1. The lowest BCUT2D eigenvalue weighted by molar-refractivity contribution is -0.124. The van der Waals surface area contributed by atoms with E-state index in [1.54, 1.807) is 0 Å². The highest BCUT2D eigenvalue weighted by Gasteiger charge is 2.17. The number of carbonyl (C=O) groups excluding carboxylic acids is 2. The largest absolute Gasteiger partial charge is 0.347 e. The van der Waals surface area contributed by atoms with Gasteiger partial charge in [-0.25, -0.2) is 0 Å². The lowest BCUT2D eigenvalue weighted by Crippen LogP contribution is -2.42. The zero-order chi connectivity index (χ0) is 16.8. The van der Waals surface area contributed by atoms with E-state index in [-0.39, 0.29) is 24.4 Å². The monoisotopic (exact) mass is 343 g/mol. The average Bonchev–Trinajstić information content (AvgIpc) is 2.61. The van der Waals surface area contributed by atoms with Crippen molar-refractivity contribution in [1.82, 2.24) is 10.6 Å². The third-order valence-corrected chi connectivity index (χ3v) is 5.07. The zero-order valence-corrected chi connectivity index (χ0v) is 14.2. The molecule has 3 N–H and O–H groups in total. The van der Waals surface area contributed by atoms with Crippen LogP contribution in [0.1, 0.15) is 6.42 Å². The van der Waals surface area contributed by atoms with E-state index in [9.17, 15) is 9.59 Å². The minimum atomic E-state index is -0.217. The fourth-order valence-corrected chi connectivity index (χ4v) is 3.70. The fourth-order valence-electron chi connectivity index (χ4n) is 2.75. The molecule has 1 unspecified atom stereocenters. The number of nitrogens with one attached hydrogen (secondary N) is 3. The zero-order valence-electron chi connectivity index (χ0n) is 13.4. The van der Waals surface area contributed by atoms with Crippen LogP contribution in [-0.4, -0.2) is 42.5 Å². The third kappa shape index (κ3) is 4.49. The molecule has 2 amide bonds. The van der Waals surface area contributed by atoms with Gasteiger partial charge in [0.15, 0.2) is 0 Å². The van der Waals surface area contributed by atoms with Gasteiger partial charge in [0.05, 0.1) is 6.54 Å². The van der Waals surface area contributed by atoms with Crippen LogP contribution in [0.3, 0.4) is 0 Å². The Balaban J connectivity index is 1.51. The predicted octanol–water partition coefficient (Wildman–Crippen LogP) is 1.99. The molecular weight excluding hydrogens is 322 g/mol. The molecular formula is C18H21N3O2S. The number of hydrogen-bond donors (Lipinski definition) is 3. The van der Waals surface area contributed by atoms with Crippen molar-refractivity contribution in [3.8, 4) is 0 Å². The molecule has 0 spiro atoms. The molecule has 2 aromatic carbocycles. The topological polar surface area (TPSA) is 70.2 Å². The molecule has 5 nitrogen and oxygen atoms in total. The van der Waals surface area contributed by atoms with Crippen LogP contribution in [0.5, 0.6) is 0 Å². The summed E-state index contributed by atoms with van der Waals surface area (Å²) < 4.78 is 0. The van der Waals surface area contributed by atoms with Gasteiger partial charge in [-0.1, -0.05) is 36.4 Å². The number of amides is 2. The first-order valence-electron chi connectivity index (χ1n) is 8.08. The van der Waals surface area contributed by atoms with Crippen molar-refractivity contribution in [3.63, 3.8) is 0 Å². The van der Waals surface area contributed by atoms with Crippen LogP contribution in [0, 0.1) is 0 Å². The van der Waals surface area contributed by atoms with Crippen LogP contribution >= 0.6 is 11.8 Å². The summed E-state index contributed by atoms with van der Waals surface area (Å²) in [6, 6.07) is 13.8. The van der Waals surface area contributed by atoms with Crippen molar-refractivity contribution in [1.29, 1.82) is 0 Å². The summed E-state index contributed by atoms with van der Waals surface area (Å²) in [6.07, 6.45) is 0.411. The molecule has 1 aliphatic heterocycles. The van der Waals surface area contributed by atoms with Crippen LogP contribution in [-0.2, 0) is 9.59 Å². The normalized spacial score (nSPS) is 17.4. The van der Waals surface area contributed by atoms with E-state index in [1.165, 1.54) is 0 Å². The van der Waals surface area contributed by atoms with Crippen molar-refractivity contribution < 1.29 is 9.59 Å². The Morgan fingerprint density at radius 3 is 2.79 bits per heavy atom. The molecule has 1 saturated heterocycles. The number of fused-ring (bicyclic) bond motifs is 1. The fraction of sp³-hybridized carbons (Fsp3) is 0.333. The number of carbonyl (C=O) groups is 2. The number of thioether (sulfide) groups is 1. The second-order valence-corrected chi connectivity index (χ2v) is 6.93. The van der Waals surface area contributed by atoms with Gasteiger partial charge in [0.25, 0.3) is 0 Å². The molecule has 6 heteroatoms. The van der Waals surface area contributed by atoms with Gasteiger partial charge in [-0.2, -0.15) is 11.8 Å². The third-order valence-electron chi connectivity index (χ3n) is 3.94. The van der Waals surface area contributed by atoms with E-state index >= 15 is 0 Å². The Morgan fingerprint density at radius 1 is 1.12 bits per heavy atom. The molecule has 0 bridgehead atoms. The van der Waals surface area contributed by atoms with Gasteiger partial charge < -0.3 is 16.0 Å². The van der Waals surface area contributed by atoms with Crippen LogP contribution in [0.15, 0.2) is 42.5 Å². The van der Waals surface area contributed by atoms with E-state index < -0.39 is 0 Å². The summed E-state index contributed by atoms with van der Waals surface area (Å²) >= 11 is 1.85. The summed E-state index contributed by atoms with van der Waals surface area (Å²) in [5, 5.41) is 10.9. The van der Waals surface area contributed by atoms with E-state index in [1.807, 2.05) is 54.2 Å². The lowest BCUT2D eigenvalue weighted by atomic mass is 10.1. The molecule has 1 fully saturated rings. The Kier molecular flexibility index (Phi) is 5.72. The summed E-state index contributed by atoms with van der Waals surface area (Å²) in [6.45, 7) is 0.923. The van der Waals surface area contributed by atoms with Gasteiger partial charge >= 0.3 is 0 Å². The van der Waals surface area contributed by atoms with Crippen LogP contribution in [0.4, 0.5) is 5.69 Å². The van der Waals surface area contributed by atoms with Crippen molar-refractivity contribution in [3.05, 3.63) is 42.5 Å². The first-order valence-corrected chi connectivity index (χ1v) is 9.23. The second kappa shape index (κ2) is 8.17. The quantitative estimate of drug-likeness (QED) is 0.776. The van der Waals surface area contributed by atoms with E-state index in [4.69, 9.17) is 0 Å². The standard InChI is InChI=1S/C18H21N3O2S/c22-17(10-14-12-24-9-8-19-14)20-11-18(23)21-16-7-3-5-13-4-1-2-6-15(13)16/h1-7,14,19H,8-12H2,(H,20,22)(H,21,23). The van der Waals surface area contributed by atoms with Gasteiger partial charge in [0, 0.05) is 41.6 Å². The maximum absolute atomic E-state index is 12.1. The number of hydrogen-bond acceptors (Lipinski definition) is 4. The molecule has 0 aromatic heterocycles. The Morgan fingerprint density at radius 2 is 1.96 bits per heavy atom. The summed E-state index contributed by atoms with van der Waals surface area (Å²) in [7, 11) is 0. The number of anilines is 1. The molecule has 3 rings (SSSR count). The van der Waals surface area contributed by atoms with Crippen LogP contribution in [0.2, 0.25) is 0 Å². The molecule has 2 aromatic rings. The number of benzene rings is 2. The van der Waals surface area contributed by atoms with Crippen LogP contribution < -0.4 is 16.0 Å². The number of rotatable bonds is 5. The van der Waals surface area contributed by atoms with Crippen molar-refractivity contribution in [2.45, 2.75) is 12.5 Å². The van der Waals surface area contributed by atoms with E-state index in [2.05, 4.69) is 16.0 Å². The highest BCUT2D eigenvalue weighted by Crippen LogP contribution is 2.22. The summed E-state index contributed by atoms with van der Waals surface area (Å²) in [5.74, 6) is 1.72.